The normalized spacial score (nSPS) is 15.3. The number of carbonyl (C=O) groups is 1. The standard InChI is InChI=1S/C14H13N3O2/c1-3-12-9-11(10-13(4-2)15-12)14(18)16-17-5-7-19-8-6-17/h1-2,9-10H,5-8H2,(H,16,18). The molecule has 1 aromatic rings. The molecule has 2 rings (SSSR count). The van der Waals surface area contributed by atoms with Crippen LogP contribution in [0.15, 0.2) is 12.1 Å². The smallest absolute Gasteiger partial charge is 0.265 e. The van der Waals surface area contributed by atoms with Crippen LogP contribution in [0, 0.1) is 24.7 Å². The highest BCUT2D eigenvalue weighted by Gasteiger charge is 2.15. The molecule has 1 N–H and O–H groups in total. The predicted octanol–water partition coefficient (Wildman–Crippen LogP) is 0.0212. The second-order valence-electron chi connectivity index (χ2n) is 3.96. The Balaban J connectivity index is 2.14. The number of morpholine rings is 1. The molecule has 19 heavy (non-hydrogen) atoms. The van der Waals surface area contributed by atoms with Gasteiger partial charge in [0.25, 0.3) is 5.91 Å². The number of rotatable bonds is 2. The first kappa shape index (κ1) is 13.1. The maximum Gasteiger partial charge on any atom is 0.265 e. The lowest BCUT2D eigenvalue weighted by molar-refractivity contribution is 0.0126. The number of carbonyl (C=O) groups excluding carboxylic acids is 1. The van der Waals surface area contributed by atoms with E-state index in [2.05, 4.69) is 22.3 Å². The van der Waals surface area contributed by atoms with Crippen molar-refractivity contribution in [2.75, 3.05) is 26.3 Å². The van der Waals surface area contributed by atoms with Crippen molar-refractivity contribution in [2.45, 2.75) is 0 Å². The van der Waals surface area contributed by atoms with Crippen molar-refractivity contribution < 1.29 is 9.53 Å². The van der Waals surface area contributed by atoms with Gasteiger partial charge < -0.3 is 4.74 Å². The third-order valence-electron chi connectivity index (χ3n) is 2.65. The molecule has 5 nitrogen and oxygen atoms in total. The Morgan fingerprint density at radius 2 is 1.84 bits per heavy atom. The Kier molecular flexibility index (Phi) is 4.15. The van der Waals surface area contributed by atoms with Gasteiger partial charge in [-0.3, -0.25) is 10.2 Å². The van der Waals surface area contributed by atoms with Crippen LogP contribution in [-0.2, 0) is 4.74 Å². The van der Waals surface area contributed by atoms with Gasteiger partial charge in [-0.15, -0.1) is 12.8 Å². The number of hydrogen-bond acceptors (Lipinski definition) is 4. The molecule has 0 unspecified atom stereocenters. The van der Waals surface area contributed by atoms with Crippen molar-refractivity contribution in [1.29, 1.82) is 0 Å². The van der Waals surface area contributed by atoms with Gasteiger partial charge in [-0.05, 0) is 12.1 Å². The summed E-state index contributed by atoms with van der Waals surface area (Å²) >= 11 is 0. The fourth-order valence-corrected chi connectivity index (χ4v) is 1.69. The van der Waals surface area contributed by atoms with E-state index < -0.39 is 0 Å². The van der Waals surface area contributed by atoms with Crippen molar-refractivity contribution in [2.24, 2.45) is 0 Å². The summed E-state index contributed by atoms with van der Waals surface area (Å²) in [5.74, 6) is 4.51. The summed E-state index contributed by atoms with van der Waals surface area (Å²) in [5, 5.41) is 1.80. The second-order valence-corrected chi connectivity index (χ2v) is 3.96. The summed E-state index contributed by atoms with van der Waals surface area (Å²) in [5.41, 5.74) is 3.89. The highest BCUT2D eigenvalue weighted by molar-refractivity contribution is 5.94. The summed E-state index contributed by atoms with van der Waals surface area (Å²) in [6.07, 6.45) is 10.6. The lowest BCUT2D eigenvalue weighted by atomic mass is 10.2. The van der Waals surface area contributed by atoms with E-state index in [1.807, 2.05) is 0 Å². The van der Waals surface area contributed by atoms with Gasteiger partial charge in [0.1, 0.15) is 11.4 Å². The molecule has 1 amide bonds. The number of nitrogens with one attached hydrogen (secondary N) is 1. The van der Waals surface area contributed by atoms with Crippen LogP contribution in [-0.4, -0.2) is 42.2 Å². The van der Waals surface area contributed by atoms with Crippen molar-refractivity contribution in [3.63, 3.8) is 0 Å². The van der Waals surface area contributed by atoms with Crippen LogP contribution in [0.1, 0.15) is 21.7 Å². The fourth-order valence-electron chi connectivity index (χ4n) is 1.69. The van der Waals surface area contributed by atoms with Gasteiger partial charge in [-0.1, -0.05) is 11.8 Å². The van der Waals surface area contributed by atoms with Crippen LogP contribution >= 0.6 is 0 Å². The number of pyridine rings is 1. The fraction of sp³-hybridized carbons (Fsp3) is 0.286. The van der Waals surface area contributed by atoms with E-state index >= 15 is 0 Å². The molecular weight excluding hydrogens is 242 g/mol. The summed E-state index contributed by atoms with van der Waals surface area (Å²) in [4.78, 5) is 16.1. The predicted molar refractivity (Wildman–Crippen MR) is 70.0 cm³/mol. The van der Waals surface area contributed by atoms with Gasteiger partial charge in [0, 0.05) is 18.7 Å². The monoisotopic (exact) mass is 255 g/mol. The van der Waals surface area contributed by atoms with Gasteiger partial charge in [-0.25, -0.2) is 9.99 Å². The average Bonchev–Trinajstić information content (AvgIpc) is 2.47. The van der Waals surface area contributed by atoms with Gasteiger partial charge in [0.15, 0.2) is 0 Å². The minimum absolute atomic E-state index is 0.252. The largest absolute Gasteiger partial charge is 0.379 e. The molecule has 0 spiro atoms. The molecule has 1 aliphatic heterocycles. The first-order chi connectivity index (χ1) is 9.22. The number of terminal acetylenes is 2. The van der Waals surface area contributed by atoms with E-state index in [9.17, 15) is 4.79 Å². The summed E-state index contributed by atoms with van der Waals surface area (Å²) < 4.78 is 5.20. The van der Waals surface area contributed by atoms with Crippen LogP contribution in [0.4, 0.5) is 0 Å². The van der Waals surface area contributed by atoms with Crippen molar-refractivity contribution in [3.05, 3.63) is 29.1 Å². The Morgan fingerprint density at radius 3 is 2.37 bits per heavy atom. The first-order valence-corrected chi connectivity index (χ1v) is 5.82. The second kappa shape index (κ2) is 6.01. The molecule has 96 valence electrons. The van der Waals surface area contributed by atoms with Crippen LogP contribution < -0.4 is 5.43 Å². The molecule has 1 aliphatic rings. The van der Waals surface area contributed by atoms with Crippen LogP contribution in [0.25, 0.3) is 0 Å². The van der Waals surface area contributed by atoms with Crippen LogP contribution in [0.5, 0.6) is 0 Å². The van der Waals surface area contributed by atoms with Gasteiger partial charge in [0.2, 0.25) is 0 Å². The molecule has 2 heterocycles. The highest BCUT2D eigenvalue weighted by atomic mass is 16.5. The van der Waals surface area contributed by atoms with E-state index in [1.165, 1.54) is 12.1 Å². The molecule has 0 aliphatic carbocycles. The number of nitrogens with zero attached hydrogens (tertiary/aromatic N) is 2. The molecule has 1 aromatic heterocycles. The van der Waals surface area contributed by atoms with E-state index in [0.717, 1.165) is 0 Å². The number of ether oxygens (including phenoxy) is 1. The molecule has 0 radical (unpaired) electrons. The van der Waals surface area contributed by atoms with E-state index in [1.54, 1.807) is 5.01 Å². The van der Waals surface area contributed by atoms with E-state index in [-0.39, 0.29) is 5.91 Å². The summed E-state index contributed by atoms with van der Waals surface area (Å²) in [7, 11) is 0. The Labute approximate surface area is 111 Å². The summed E-state index contributed by atoms with van der Waals surface area (Å²) in [6.45, 7) is 2.51. The maximum absolute atomic E-state index is 12.1. The minimum Gasteiger partial charge on any atom is -0.379 e. The van der Waals surface area contributed by atoms with E-state index in [0.29, 0.717) is 43.3 Å². The Bertz CT molecular complexity index is 531. The van der Waals surface area contributed by atoms with Crippen molar-refractivity contribution >= 4 is 5.91 Å². The molecule has 5 heteroatoms. The number of hydrogen-bond donors (Lipinski definition) is 1. The summed E-state index contributed by atoms with van der Waals surface area (Å²) in [6, 6.07) is 3.08. The number of hydrazine groups is 1. The topological polar surface area (TPSA) is 54.5 Å². The number of amides is 1. The zero-order chi connectivity index (χ0) is 13.7. The molecule has 0 atom stereocenters. The Morgan fingerprint density at radius 1 is 1.26 bits per heavy atom. The van der Waals surface area contributed by atoms with Gasteiger partial charge in [0.05, 0.1) is 13.2 Å². The molecule has 1 fully saturated rings. The minimum atomic E-state index is -0.252. The zero-order valence-electron chi connectivity index (χ0n) is 10.3. The van der Waals surface area contributed by atoms with Crippen LogP contribution in [0.3, 0.4) is 0 Å². The van der Waals surface area contributed by atoms with Crippen LogP contribution in [0.2, 0.25) is 0 Å². The third kappa shape index (κ3) is 3.32. The van der Waals surface area contributed by atoms with E-state index in [4.69, 9.17) is 17.6 Å². The quantitative estimate of drug-likeness (QED) is 0.757. The Hall–Kier alpha value is -2.34. The van der Waals surface area contributed by atoms with Gasteiger partial charge in [-0.2, -0.15) is 0 Å². The zero-order valence-corrected chi connectivity index (χ0v) is 10.3. The maximum atomic E-state index is 12.1. The van der Waals surface area contributed by atoms with Crippen molar-refractivity contribution in [1.82, 2.24) is 15.4 Å². The lowest BCUT2D eigenvalue weighted by Gasteiger charge is -2.26. The molecular formula is C14H13N3O2. The third-order valence-corrected chi connectivity index (χ3v) is 2.65. The average molecular weight is 255 g/mol. The number of aromatic nitrogens is 1. The van der Waals surface area contributed by atoms with Gasteiger partial charge >= 0.3 is 0 Å². The molecule has 0 saturated carbocycles. The first-order valence-electron chi connectivity index (χ1n) is 5.82. The van der Waals surface area contributed by atoms with Crippen molar-refractivity contribution in [3.8, 4) is 24.7 Å². The SMILES string of the molecule is C#Cc1cc(C(=O)NN2CCOCC2)cc(C#C)n1. The molecule has 1 saturated heterocycles. The molecule has 0 aromatic carbocycles. The highest BCUT2D eigenvalue weighted by Crippen LogP contribution is 2.06. The molecule has 0 bridgehead atoms. The lowest BCUT2D eigenvalue weighted by Crippen LogP contribution is -2.48.